The molecule has 78 valence electrons. The minimum atomic E-state index is -1.55. The Bertz CT molecular complexity index is 509. The second-order valence-corrected chi connectivity index (χ2v) is 2.78. The second kappa shape index (κ2) is 3.26. The number of nitrogens with two attached hydrogens (primary N) is 1. The summed E-state index contributed by atoms with van der Waals surface area (Å²) >= 11 is 0. The van der Waals surface area contributed by atoms with Crippen LogP contribution >= 0.6 is 0 Å². The summed E-state index contributed by atoms with van der Waals surface area (Å²) in [6, 6.07) is 1.84. The summed E-state index contributed by atoms with van der Waals surface area (Å²) in [5.41, 5.74) is 5.00. The molecule has 0 bridgehead atoms. The number of benzene rings is 1. The van der Waals surface area contributed by atoms with Crippen LogP contribution in [-0.2, 0) is 0 Å². The molecule has 4 nitrogen and oxygen atoms in total. The van der Waals surface area contributed by atoms with E-state index >= 15 is 0 Å². The zero-order chi connectivity index (χ0) is 11.0. The minimum Gasteiger partial charge on any atom is -0.381 e. The van der Waals surface area contributed by atoms with E-state index in [-0.39, 0.29) is 11.5 Å². The molecule has 0 aliphatic rings. The van der Waals surface area contributed by atoms with E-state index < -0.39 is 17.5 Å². The number of nitrogens with zero attached hydrogens (tertiary/aromatic N) is 3. The summed E-state index contributed by atoms with van der Waals surface area (Å²) in [6.45, 7) is 0. The molecule has 15 heavy (non-hydrogen) atoms. The molecule has 0 aliphatic carbocycles. The van der Waals surface area contributed by atoms with Gasteiger partial charge < -0.3 is 5.73 Å². The molecule has 1 aromatic carbocycles. The maximum atomic E-state index is 13.2. The van der Waals surface area contributed by atoms with E-state index in [1.54, 1.807) is 0 Å². The van der Waals surface area contributed by atoms with Gasteiger partial charge in [0.1, 0.15) is 5.69 Å². The Morgan fingerprint density at radius 3 is 2.47 bits per heavy atom. The number of rotatable bonds is 1. The highest BCUT2D eigenvalue weighted by atomic mass is 19.2. The predicted molar refractivity (Wildman–Crippen MR) is 45.6 cm³/mol. The van der Waals surface area contributed by atoms with Crippen molar-refractivity contribution in [3.8, 4) is 5.69 Å². The Morgan fingerprint density at radius 2 is 1.87 bits per heavy atom. The summed E-state index contributed by atoms with van der Waals surface area (Å²) < 4.78 is 39.6. The molecular formula is C8H5F3N4. The normalized spacial score (nSPS) is 10.6. The third-order valence-electron chi connectivity index (χ3n) is 1.77. The van der Waals surface area contributed by atoms with Crippen LogP contribution in [0, 0.1) is 17.5 Å². The molecule has 0 aliphatic heterocycles. The number of hydrogen-bond donors (Lipinski definition) is 1. The van der Waals surface area contributed by atoms with Crippen LogP contribution in [0.2, 0.25) is 0 Å². The van der Waals surface area contributed by atoms with Gasteiger partial charge in [-0.05, 0) is 12.1 Å². The first-order valence-corrected chi connectivity index (χ1v) is 3.91. The number of halogens is 3. The van der Waals surface area contributed by atoms with Gasteiger partial charge >= 0.3 is 0 Å². The van der Waals surface area contributed by atoms with Crippen molar-refractivity contribution in [3.05, 3.63) is 35.8 Å². The Labute approximate surface area is 82.1 Å². The fourth-order valence-electron chi connectivity index (χ4n) is 1.09. The van der Waals surface area contributed by atoms with E-state index in [0.717, 1.165) is 16.8 Å². The van der Waals surface area contributed by atoms with Crippen LogP contribution in [0.3, 0.4) is 0 Å². The van der Waals surface area contributed by atoms with Crippen LogP contribution in [0.25, 0.3) is 5.69 Å². The van der Waals surface area contributed by atoms with Crippen LogP contribution in [0.15, 0.2) is 18.3 Å². The molecule has 0 spiro atoms. The summed E-state index contributed by atoms with van der Waals surface area (Å²) in [5, 5.41) is 6.82. The predicted octanol–water partition coefficient (Wildman–Crippen LogP) is 1.27. The molecule has 2 rings (SSSR count). The molecule has 0 amide bonds. The number of aromatic nitrogens is 3. The average molecular weight is 214 g/mol. The first kappa shape index (κ1) is 9.50. The molecule has 0 saturated carbocycles. The minimum absolute atomic E-state index is 0.0548. The summed E-state index contributed by atoms with van der Waals surface area (Å²) in [6.07, 6.45) is 1.19. The van der Waals surface area contributed by atoms with Crippen LogP contribution in [0.1, 0.15) is 0 Å². The Kier molecular flexibility index (Phi) is 2.07. The molecule has 1 aromatic heterocycles. The molecule has 0 atom stereocenters. The quantitative estimate of drug-likeness (QED) is 0.727. The van der Waals surface area contributed by atoms with Crippen molar-refractivity contribution < 1.29 is 13.2 Å². The van der Waals surface area contributed by atoms with Gasteiger partial charge in [-0.15, -0.1) is 5.10 Å². The van der Waals surface area contributed by atoms with Crippen LogP contribution in [0.4, 0.5) is 19.0 Å². The van der Waals surface area contributed by atoms with E-state index in [4.69, 9.17) is 5.73 Å². The summed E-state index contributed by atoms with van der Waals surface area (Å²) in [4.78, 5) is 0. The van der Waals surface area contributed by atoms with E-state index in [2.05, 4.69) is 10.3 Å². The fraction of sp³-hybridized carbons (Fsp3) is 0. The van der Waals surface area contributed by atoms with E-state index in [0.29, 0.717) is 0 Å². The maximum Gasteiger partial charge on any atom is 0.196 e. The van der Waals surface area contributed by atoms with Gasteiger partial charge in [0.05, 0.1) is 6.20 Å². The van der Waals surface area contributed by atoms with Crippen LogP contribution in [0.5, 0.6) is 0 Å². The molecule has 0 fully saturated rings. The highest BCUT2D eigenvalue weighted by Crippen LogP contribution is 2.18. The fourth-order valence-corrected chi connectivity index (χ4v) is 1.09. The van der Waals surface area contributed by atoms with Gasteiger partial charge in [-0.2, -0.15) is 0 Å². The highest BCUT2D eigenvalue weighted by molar-refractivity contribution is 5.36. The van der Waals surface area contributed by atoms with Crippen molar-refractivity contribution in [2.75, 3.05) is 5.73 Å². The van der Waals surface area contributed by atoms with Gasteiger partial charge in [0.2, 0.25) is 0 Å². The Morgan fingerprint density at radius 1 is 1.13 bits per heavy atom. The van der Waals surface area contributed by atoms with E-state index in [1.165, 1.54) is 6.20 Å². The first-order chi connectivity index (χ1) is 7.09. The molecule has 2 aromatic rings. The van der Waals surface area contributed by atoms with Gasteiger partial charge in [-0.25, -0.2) is 17.9 Å². The summed E-state index contributed by atoms with van der Waals surface area (Å²) in [7, 11) is 0. The number of hydrogen-bond acceptors (Lipinski definition) is 3. The number of nitrogen functional groups attached to an aromatic ring is 1. The van der Waals surface area contributed by atoms with Gasteiger partial charge in [0.15, 0.2) is 23.3 Å². The lowest BCUT2D eigenvalue weighted by Crippen LogP contribution is -2.02. The lowest BCUT2D eigenvalue weighted by molar-refractivity contribution is 0.442. The summed E-state index contributed by atoms with van der Waals surface area (Å²) in [5.74, 6) is -4.09. The average Bonchev–Trinajstić information content (AvgIpc) is 2.61. The van der Waals surface area contributed by atoms with Crippen molar-refractivity contribution in [2.45, 2.75) is 0 Å². The van der Waals surface area contributed by atoms with Gasteiger partial charge in [0.25, 0.3) is 0 Å². The first-order valence-electron chi connectivity index (χ1n) is 3.91. The van der Waals surface area contributed by atoms with Gasteiger partial charge in [0, 0.05) is 0 Å². The molecular weight excluding hydrogens is 209 g/mol. The standard InChI is InChI=1S/C8H5F3N4/c9-4-1-2-5(8(11)7(4)10)15-3-6(12)13-14-15/h1-3H,12H2. The van der Waals surface area contributed by atoms with Crippen LogP contribution < -0.4 is 5.73 Å². The Balaban J connectivity index is 2.59. The monoisotopic (exact) mass is 214 g/mol. The highest BCUT2D eigenvalue weighted by Gasteiger charge is 2.15. The van der Waals surface area contributed by atoms with E-state index in [1.807, 2.05) is 0 Å². The topological polar surface area (TPSA) is 56.7 Å². The molecule has 0 unspecified atom stereocenters. The largest absolute Gasteiger partial charge is 0.381 e. The zero-order valence-corrected chi connectivity index (χ0v) is 7.28. The van der Waals surface area contributed by atoms with E-state index in [9.17, 15) is 13.2 Å². The maximum absolute atomic E-state index is 13.2. The lowest BCUT2D eigenvalue weighted by atomic mass is 10.3. The van der Waals surface area contributed by atoms with Crippen molar-refractivity contribution in [1.82, 2.24) is 15.0 Å². The third kappa shape index (κ3) is 1.51. The van der Waals surface area contributed by atoms with Crippen molar-refractivity contribution in [1.29, 1.82) is 0 Å². The lowest BCUT2D eigenvalue weighted by Gasteiger charge is -2.02. The number of anilines is 1. The SMILES string of the molecule is Nc1cn(-c2ccc(F)c(F)c2F)nn1. The Hall–Kier alpha value is -2.05. The van der Waals surface area contributed by atoms with Crippen LogP contribution in [-0.4, -0.2) is 15.0 Å². The van der Waals surface area contributed by atoms with Gasteiger partial charge in [-0.1, -0.05) is 5.21 Å². The van der Waals surface area contributed by atoms with Crippen molar-refractivity contribution in [3.63, 3.8) is 0 Å². The smallest absolute Gasteiger partial charge is 0.196 e. The molecule has 2 N–H and O–H groups in total. The molecule has 1 heterocycles. The third-order valence-corrected chi connectivity index (χ3v) is 1.77. The van der Waals surface area contributed by atoms with Crippen molar-refractivity contribution in [2.24, 2.45) is 0 Å². The van der Waals surface area contributed by atoms with Crippen molar-refractivity contribution >= 4 is 5.82 Å². The van der Waals surface area contributed by atoms with Gasteiger partial charge in [-0.3, -0.25) is 0 Å². The molecule has 7 heteroatoms. The zero-order valence-electron chi connectivity index (χ0n) is 7.28. The second-order valence-electron chi connectivity index (χ2n) is 2.78. The molecule has 0 saturated heterocycles. The molecule has 0 radical (unpaired) electrons.